The molecule has 4 aromatic carbocycles. The van der Waals surface area contributed by atoms with Crippen molar-refractivity contribution < 1.29 is 90.7 Å². The quantitative estimate of drug-likeness (QED) is 0.0444. The third kappa shape index (κ3) is 18.8. The third-order valence-corrected chi connectivity index (χ3v) is 20.5. The maximum Gasteiger partial charge on any atom is 0.344 e. The van der Waals surface area contributed by atoms with Crippen LogP contribution < -0.4 is 18.9 Å². The van der Waals surface area contributed by atoms with E-state index in [9.17, 15) is 52.8 Å². The van der Waals surface area contributed by atoms with E-state index >= 15 is 0 Å². The van der Waals surface area contributed by atoms with Crippen LogP contribution in [0.3, 0.4) is 0 Å². The average molecular weight is 1210 g/mol. The second-order valence-electron chi connectivity index (χ2n) is 17.5. The van der Waals surface area contributed by atoms with Gasteiger partial charge >= 0.3 is 23.9 Å². The van der Waals surface area contributed by atoms with E-state index in [0.29, 0.717) is 0 Å². The summed E-state index contributed by atoms with van der Waals surface area (Å²) in [6.45, 7) is 9.41. The van der Waals surface area contributed by atoms with Crippen molar-refractivity contribution in [3.05, 3.63) is 97.1 Å². The smallest absolute Gasteiger partial charge is 0.344 e. The fourth-order valence-electron chi connectivity index (χ4n) is 7.60. The van der Waals surface area contributed by atoms with Gasteiger partial charge in [-0.3, -0.25) is 0 Å². The Morgan fingerprint density at radius 3 is 0.617 bits per heavy atom. The van der Waals surface area contributed by atoms with Crippen molar-refractivity contribution in [1.82, 2.24) is 17.2 Å². The van der Waals surface area contributed by atoms with Gasteiger partial charge in [-0.2, -0.15) is 17.2 Å². The van der Waals surface area contributed by atoms with Crippen LogP contribution in [0.15, 0.2) is 117 Å². The standard InChI is InChI=1S/C53H72N4O20S4/c1-9-54(10-2)78(62,63)45-25-17-41(18-26-45)70-33-49(58)74-37-53(38-75-50(59)34-71-42-19-27-46(28-20-42)79(64,65)55(11-3)12-4,39-76-51(60)35-72-43-21-29-47(30-22-43)80(66,67)56(13-5)14-6)40-77-52(61)36-73-44-23-31-48(32-24-44)81(68,69)57(15-7)16-8/h17-32H,9-16,33-40H2,1-8H3. The zero-order chi connectivity index (χ0) is 60.0. The van der Waals surface area contributed by atoms with Gasteiger partial charge in [0, 0.05) is 52.4 Å². The Morgan fingerprint density at radius 1 is 0.309 bits per heavy atom. The molecule has 28 heteroatoms. The Hall–Kier alpha value is -6.40. The van der Waals surface area contributed by atoms with Gasteiger partial charge in [0.2, 0.25) is 40.1 Å². The summed E-state index contributed by atoms with van der Waals surface area (Å²) in [5.41, 5.74) is -1.90. The molecule has 0 saturated heterocycles. The molecule has 0 bridgehead atoms. The Kier molecular flexibility index (Phi) is 25.8. The number of carbonyl (C=O) groups excluding carboxylic acids is 4. The number of nitrogens with zero attached hydrogens (tertiary/aromatic N) is 4. The van der Waals surface area contributed by atoms with Gasteiger partial charge in [0.1, 0.15) is 54.8 Å². The number of ether oxygens (including phenoxy) is 8. The van der Waals surface area contributed by atoms with Crippen molar-refractivity contribution >= 4 is 64.0 Å². The molecule has 0 fully saturated rings. The summed E-state index contributed by atoms with van der Waals surface area (Å²) in [7, 11) is -15.2. The van der Waals surface area contributed by atoms with Gasteiger partial charge in [-0.25, -0.2) is 52.8 Å². The second-order valence-corrected chi connectivity index (χ2v) is 25.3. The van der Waals surface area contributed by atoms with Gasteiger partial charge in [-0.15, -0.1) is 0 Å². The first-order chi connectivity index (χ1) is 38.4. The van der Waals surface area contributed by atoms with E-state index < -0.39 is 122 Å². The fraction of sp³-hybridized carbons (Fsp3) is 0.472. The van der Waals surface area contributed by atoms with Gasteiger partial charge in [-0.1, -0.05) is 55.4 Å². The molecule has 448 valence electrons. The predicted octanol–water partition coefficient (Wildman–Crippen LogP) is 4.58. The highest BCUT2D eigenvalue weighted by Crippen LogP contribution is 2.26. The monoisotopic (exact) mass is 1210 g/mol. The molecule has 0 aliphatic heterocycles. The highest BCUT2D eigenvalue weighted by Gasteiger charge is 2.39. The summed E-state index contributed by atoms with van der Waals surface area (Å²) < 4.78 is 154. The first-order valence-corrected chi connectivity index (χ1v) is 31.7. The lowest BCUT2D eigenvalue weighted by Crippen LogP contribution is -2.45. The molecule has 0 radical (unpaired) electrons. The van der Waals surface area contributed by atoms with Crippen molar-refractivity contribution in [2.24, 2.45) is 5.41 Å². The zero-order valence-corrected chi connectivity index (χ0v) is 49.9. The van der Waals surface area contributed by atoms with Crippen molar-refractivity contribution in [3.63, 3.8) is 0 Å². The summed E-state index contributed by atoms with van der Waals surface area (Å²) >= 11 is 0. The zero-order valence-electron chi connectivity index (χ0n) is 46.6. The minimum Gasteiger partial charge on any atom is -0.482 e. The maximum atomic E-state index is 13.4. The van der Waals surface area contributed by atoms with E-state index in [0.717, 1.165) is 0 Å². The van der Waals surface area contributed by atoms with E-state index in [1.54, 1.807) is 55.4 Å². The lowest BCUT2D eigenvalue weighted by molar-refractivity contribution is -0.173. The molecule has 0 unspecified atom stereocenters. The molecular weight excluding hydrogens is 1140 g/mol. The molecule has 81 heavy (non-hydrogen) atoms. The van der Waals surface area contributed by atoms with Crippen LogP contribution in [0, 0.1) is 5.41 Å². The highest BCUT2D eigenvalue weighted by molar-refractivity contribution is 7.90. The minimum atomic E-state index is -3.81. The highest BCUT2D eigenvalue weighted by atomic mass is 32.2. The van der Waals surface area contributed by atoms with E-state index in [-0.39, 0.29) is 94.9 Å². The van der Waals surface area contributed by atoms with Crippen LogP contribution in [0.2, 0.25) is 0 Å². The van der Waals surface area contributed by atoms with Gasteiger partial charge < -0.3 is 37.9 Å². The molecule has 0 heterocycles. The molecule has 4 rings (SSSR count). The van der Waals surface area contributed by atoms with E-state index in [1.165, 1.54) is 114 Å². The number of carbonyl (C=O) groups is 4. The van der Waals surface area contributed by atoms with Crippen molar-refractivity contribution in [2.45, 2.75) is 75.0 Å². The van der Waals surface area contributed by atoms with E-state index in [1.807, 2.05) is 0 Å². The number of benzene rings is 4. The summed E-state index contributed by atoms with van der Waals surface area (Å²) in [5.74, 6) is -3.74. The van der Waals surface area contributed by atoms with Crippen molar-refractivity contribution in [2.75, 3.05) is 105 Å². The molecule has 0 spiro atoms. The van der Waals surface area contributed by atoms with Crippen LogP contribution in [-0.4, -0.2) is 180 Å². The van der Waals surface area contributed by atoms with Crippen LogP contribution in [0.5, 0.6) is 23.0 Å². The number of esters is 4. The molecule has 0 atom stereocenters. The Morgan fingerprint density at radius 2 is 0.469 bits per heavy atom. The Bertz CT molecular complexity index is 2700. The lowest BCUT2D eigenvalue weighted by Gasteiger charge is -2.31. The van der Waals surface area contributed by atoms with Gasteiger partial charge in [0.05, 0.1) is 19.6 Å². The third-order valence-electron chi connectivity index (χ3n) is 12.3. The second kappa shape index (κ2) is 31.1. The first-order valence-electron chi connectivity index (χ1n) is 25.9. The molecule has 24 nitrogen and oxygen atoms in total. The van der Waals surface area contributed by atoms with Crippen LogP contribution in [0.4, 0.5) is 0 Å². The van der Waals surface area contributed by atoms with E-state index in [4.69, 9.17) is 37.9 Å². The summed E-state index contributed by atoms with van der Waals surface area (Å²) in [6, 6.07) is 21.2. The molecule has 0 N–H and O–H groups in total. The molecule has 0 aromatic heterocycles. The predicted molar refractivity (Wildman–Crippen MR) is 294 cm³/mol. The average Bonchev–Trinajstić information content (AvgIpc) is 3.46. The summed E-state index contributed by atoms with van der Waals surface area (Å²) in [5, 5.41) is 0. The molecule has 0 aliphatic carbocycles. The Balaban J connectivity index is 1.59. The maximum absolute atomic E-state index is 13.4. The largest absolute Gasteiger partial charge is 0.482 e. The van der Waals surface area contributed by atoms with Crippen molar-refractivity contribution in [3.8, 4) is 23.0 Å². The van der Waals surface area contributed by atoms with Crippen molar-refractivity contribution in [1.29, 1.82) is 0 Å². The molecule has 0 saturated carbocycles. The number of rotatable bonds is 36. The van der Waals surface area contributed by atoms with E-state index in [2.05, 4.69) is 0 Å². The summed E-state index contributed by atoms with van der Waals surface area (Å²) in [4.78, 5) is 53.4. The lowest BCUT2D eigenvalue weighted by atomic mass is 9.92. The number of sulfonamides is 4. The fourth-order valence-corrected chi connectivity index (χ4v) is 13.4. The van der Waals surface area contributed by atoms with Gasteiger partial charge in [-0.05, 0) is 97.1 Å². The number of hydrogen-bond donors (Lipinski definition) is 0. The molecule has 0 aliphatic rings. The molecule has 4 aromatic rings. The Labute approximate surface area is 475 Å². The normalized spacial score (nSPS) is 12.3. The van der Waals surface area contributed by atoms with Crippen LogP contribution >= 0.6 is 0 Å². The van der Waals surface area contributed by atoms with Gasteiger partial charge in [0.25, 0.3) is 0 Å². The first kappa shape index (κ1) is 67.1. The van der Waals surface area contributed by atoms with Crippen LogP contribution in [-0.2, 0) is 78.2 Å². The number of hydrogen-bond acceptors (Lipinski definition) is 20. The van der Waals surface area contributed by atoms with Crippen LogP contribution in [0.25, 0.3) is 0 Å². The summed E-state index contributed by atoms with van der Waals surface area (Å²) in [6.07, 6.45) is 0. The topological polar surface area (TPSA) is 292 Å². The molecule has 0 amide bonds. The molecular formula is C53H72N4O20S4. The van der Waals surface area contributed by atoms with Gasteiger partial charge in [0.15, 0.2) is 26.4 Å². The SMILES string of the molecule is CCN(CC)S(=O)(=O)c1ccc(OCC(=O)OCC(COC(=O)COc2ccc(S(=O)(=O)N(CC)CC)cc2)(COC(=O)COc2ccc(S(=O)(=O)N(CC)CC)cc2)COC(=O)COc2ccc(S(=O)(=O)N(CC)CC)cc2)cc1. The van der Waals surface area contributed by atoms with Crippen LogP contribution in [0.1, 0.15) is 55.4 Å². The minimum absolute atomic E-state index is 0.0107.